The minimum absolute atomic E-state index is 0.123. The van der Waals surface area contributed by atoms with E-state index in [1.165, 1.54) is 15.6 Å². The molecule has 4 nitrogen and oxygen atoms in total. The van der Waals surface area contributed by atoms with Crippen LogP contribution in [-0.4, -0.2) is 22.6 Å². The molecule has 114 valence electrons. The zero-order chi connectivity index (χ0) is 15.5. The van der Waals surface area contributed by atoms with Crippen molar-refractivity contribution >= 4 is 27.3 Å². The van der Waals surface area contributed by atoms with Crippen molar-refractivity contribution < 1.29 is 4.79 Å². The van der Waals surface area contributed by atoms with Crippen molar-refractivity contribution in [3.05, 3.63) is 52.7 Å². The van der Waals surface area contributed by atoms with Crippen LogP contribution in [0.4, 0.5) is 0 Å². The topological polar surface area (TPSA) is 57.8 Å². The Morgan fingerprint density at radius 1 is 1.36 bits per heavy atom. The van der Waals surface area contributed by atoms with Crippen molar-refractivity contribution in [2.45, 2.75) is 26.2 Å². The Morgan fingerprint density at radius 3 is 2.95 bits per heavy atom. The number of H-pyrrole nitrogens is 1. The molecule has 0 aliphatic rings. The van der Waals surface area contributed by atoms with Gasteiger partial charge in [0.2, 0.25) is 0 Å². The van der Waals surface area contributed by atoms with Gasteiger partial charge in [-0.1, -0.05) is 32.0 Å². The van der Waals surface area contributed by atoms with Gasteiger partial charge in [-0.3, -0.25) is 9.89 Å². The fourth-order valence-electron chi connectivity index (χ4n) is 2.38. The molecule has 3 rings (SSSR count). The van der Waals surface area contributed by atoms with E-state index in [2.05, 4.69) is 46.9 Å². The SMILES string of the molecule is CC(C)c1cc(C(=O)NCCc2csc3ccccc23)n[nH]1. The van der Waals surface area contributed by atoms with E-state index in [1.54, 1.807) is 11.3 Å². The number of aromatic amines is 1. The second-order valence-corrected chi connectivity index (χ2v) is 6.54. The van der Waals surface area contributed by atoms with Gasteiger partial charge < -0.3 is 5.32 Å². The van der Waals surface area contributed by atoms with Gasteiger partial charge in [-0.2, -0.15) is 5.10 Å². The standard InChI is InChI=1S/C17H19N3OS/c1-11(2)14-9-15(20-19-14)17(21)18-8-7-12-10-22-16-6-4-3-5-13(12)16/h3-6,9-11H,7-8H2,1-2H3,(H,18,21)(H,19,20). The van der Waals surface area contributed by atoms with Crippen LogP contribution in [0, 0.1) is 0 Å². The number of hydrogen-bond donors (Lipinski definition) is 2. The first kappa shape index (κ1) is 14.8. The molecule has 2 aromatic heterocycles. The van der Waals surface area contributed by atoms with Gasteiger partial charge in [0.05, 0.1) is 0 Å². The third kappa shape index (κ3) is 3.04. The van der Waals surface area contributed by atoms with Gasteiger partial charge in [0.15, 0.2) is 0 Å². The molecule has 0 bridgehead atoms. The summed E-state index contributed by atoms with van der Waals surface area (Å²) in [6, 6.07) is 10.2. The first-order valence-electron chi connectivity index (χ1n) is 7.44. The van der Waals surface area contributed by atoms with E-state index in [1.807, 2.05) is 18.2 Å². The van der Waals surface area contributed by atoms with Crippen LogP contribution >= 0.6 is 11.3 Å². The Kier molecular flexibility index (Phi) is 4.24. The highest BCUT2D eigenvalue weighted by atomic mass is 32.1. The summed E-state index contributed by atoms with van der Waals surface area (Å²) in [5, 5.41) is 13.4. The number of rotatable bonds is 5. The molecule has 0 atom stereocenters. The molecule has 0 saturated heterocycles. The largest absolute Gasteiger partial charge is 0.350 e. The molecule has 2 heterocycles. The molecular weight excluding hydrogens is 294 g/mol. The Morgan fingerprint density at radius 2 is 2.18 bits per heavy atom. The van der Waals surface area contributed by atoms with Gasteiger partial charge in [-0.05, 0) is 40.8 Å². The molecule has 0 saturated carbocycles. The van der Waals surface area contributed by atoms with Gasteiger partial charge in [-0.25, -0.2) is 0 Å². The number of hydrogen-bond acceptors (Lipinski definition) is 3. The average Bonchev–Trinajstić information content (AvgIpc) is 3.14. The Bertz CT molecular complexity index is 788. The van der Waals surface area contributed by atoms with E-state index in [-0.39, 0.29) is 5.91 Å². The lowest BCUT2D eigenvalue weighted by Crippen LogP contribution is -2.25. The predicted molar refractivity (Wildman–Crippen MR) is 90.5 cm³/mol. The van der Waals surface area contributed by atoms with Gasteiger partial charge >= 0.3 is 0 Å². The number of carbonyl (C=O) groups excluding carboxylic acids is 1. The number of nitrogens with one attached hydrogen (secondary N) is 2. The lowest BCUT2D eigenvalue weighted by Gasteiger charge is -2.02. The second-order valence-electron chi connectivity index (χ2n) is 5.63. The molecular formula is C17H19N3OS. The third-order valence-electron chi connectivity index (χ3n) is 3.69. The molecule has 0 radical (unpaired) electrons. The van der Waals surface area contributed by atoms with Crippen molar-refractivity contribution in [1.29, 1.82) is 0 Å². The molecule has 1 aromatic carbocycles. The normalized spacial score (nSPS) is 11.2. The van der Waals surface area contributed by atoms with Crippen LogP contribution < -0.4 is 5.32 Å². The quantitative estimate of drug-likeness (QED) is 0.754. The van der Waals surface area contributed by atoms with Gasteiger partial charge in [-0.15, -0.1) is 11.3 Å². The predicted octanol–water partition coefficient (Wildman–Crippen LogP) is 3.72. The second kappa shape index (κ2) is 6.32. The molecule has 0 unspecified atom stereocenters. The average molecular weight is 313 g/mol. The molecule has 5 heteroatoms. The van der Waals surface area contributed by atoms with Crippen LogP contribution in [0.2, 0.25) is 0 Å². The number of benzene rings is 1. The zero-order valence-electron chi connectivity index (χ0n) is 12.7. The minimum atomic E-state index is -0.123. The van der Waals surface area contributed by atoms with Crippen LogP contribution in [0.1, 0.15) is 41.5 Å². The summed E-state index contributed by atoms with van der Waals surface area (Å²) in [5.74, 6) is 0.217. The van der Waals surface area contributed by atoms with Crippen molar-refractivity contribution in [3.8, 4) is 0 Å². The number of thiophene rings is 1. The third-order valence-corrected chi connectivity index (χ3v) is 4.71. The van der Waals surface area contributed by atoms with Gasteiger partial charge in [0.25, 0.3) is 5.91 Å². The number of nitrogens with zero attached hydrogens (tertiary/aromatic N) is 1. The molecule has 0 aliphatic carbocycles. The fraction of sp³-hybridized carbons (Fsp3) is 0.294. The lowest BCUT2D eigenvalue weighted by molar-refractivity contribution is 0.0949. The van der Waals surface area contributed by atoms with E-state index in [4.69, 9.17) is 0 Å². The summed E-state index contributed by atoms with van der Waals surface area (Å²) in [7, 11) is 0. The number of aromatic nitrogens is 2. The number of carbonyl (C=O) groups is 1. The molecule has 0 aliphatic heterocycles. The first-order chi connectivity index (χ1) is 10.6. The van der Waals surface area contributed by atoms with Gasteiger partial charge in [0, 0.05) is 16.9 Å². The first-order valence-corrected chi connectivity index (χ1v) is 8.31. The molecule has 3 aromatic rings. The highest BCUT2D eigenvalue weighted by Gasteiger charge is 2.12. The summed E-state index contributed by atoms with van der Waals surface area (Å²) in [6.07, 6.45) is 0.831. The van der Waals surface area contributed by atoms with Crippen LogP contribution in [0.5, 0.6) is 0 Å². The highest BCUT2D eigenvalue weighted by Crippen LogP contribution is 2.25. The summed E-state index contributed by atoms with van der Waals surface area (Å²) in [4.78, 5) is 12.1. The Hall–Kier alpha value is -2.14. The summed E-state index contributed by atoms with van der Waals surface area (Å²) < 4.78 is 1.29. The monoisotopic (exact) mass is 313 g/mol. The summed E-state index contributed by atoms with van der Waals surface area (Å²) >= 11 is 1.75. The maximum atomic E-state index is 12.1. The van der Waals surface area contributed by atoms with Crippen molar-refractivity contribution in [2.24, 2.45) is 0 Å². The summed E-state index contributed by atoms with van der Waals surface area (Å²) in [5.41, 5.74) is 2.72. The Labute approximate surface area is 133 Å². The smallest absolute Gasteiger partial charge is 0.271 e. The van der Waals surface area contributed by atoms with Crippen molar-refractivity contribution in [1.82, 2.24) is 15.5 Å². The fourth-order valence-corrected chi connectivity index (χ4v) is 3.37. The zero-order valence-corrected chi connectivity index (χ0v) is 13.5. The molecule has 0 fully saturated rings. The van der Waals surface area contributed by atoms with E-state index in [0.717, 1.165) is 12.1 Å². The summed E-state index contributed by atoms with van der Waals surface area (Å²) in [6.45, 7) is 4.75. The van der Waals surface area contributed by atoms with E-state index in [0.29, 0.717) is 18.2 Å². The molecule has 22 heavy (non-hydrogen) atoms. The maximum Gasteiger partial charge on any atom is 0.271 e. The van der Waals surface area contributed by atoms with Crippen molar-refractivity contribution in [3.63, 3.8) is 0 Å². The van der Waals surface area contributed by atoms with Crippen LogP contribution in [0.25, 0.3) is 10.1 Å². The van der Waals surface area contributed by atoms with Crippen LogP contribution in [0.3, 0.4) is 0 Å². The van der Waals surface area contributed by atoms with Crippen LogP contribution in [-0.2, 0) is 6.42 Å². The Balaban J connectivity index is 1.59. The minimum Gasteiger partial charge on any atom is -0.350 e. The van der Waals surface area contributed by atoms with E-state index < -0.39 is 0 Å². The van der Waals surface area contributed by atoms with E-state index >= 15 is 0 Å². The number of fused-ring (bicyclic) bond motifs is 1. The lowest BCUT2D eigenvalue weighted by atomic mass is 10.1. The highest BCUT2D eigenvalue weighted by molar-refractivity contribution is 7.17. The van der Waals surface area contributed by atoms with Crippen molar-refractivity contribution in [2.75, 3.05) is 6.54 Å². The molecule has 1 amide bonds. The molecule has 2 N–H and O–H groups in total. The van der Waals surface area contributed by atoms with Crippen LogP contribution in [0.15, 0.2) is 35.7 Å². The maximum absolute atomic E-state index is 12.1. The van der Waals surface area contributed by atoms with E-state index in [9.17, 15) is 4.79 Å². The number of amides is 1. The van der Waals surface area contributed by atoms with Gasteiger partial charge in [0.1, 0.15) is 5.69 Å². The molecule has 0 spiro atoms.